The molecular formula is C12H15Cl2N. The Morgan fingerprint density at radius 2 is 2.00 bits per heavy atom. The third-order valence-corrected chi connectivity index (χ3v) is 3.81. The predicted molar refractivity (Wildman–Crippen MR) is 65.8 cm³/mol. The van der Waals surface area contributed by atoms with Gasteiger partial charge in [-0.3, -0.25) is 0 Å². The zero-order chi connectivity index (χ0) is 10.9. The van der Waals surface area contributed by atoms with Crippen LogP contribution in [0, 0.1) is 5.41 Å². The Balaban J connectivity index is 2.08. The Morgan fingerprint density at radius 1 is 1.27 bits per heavy atom. The fourth-order valence-electron chi connectivity index (χ4n) is 2.05. The molecule has 0 heterocycles. The average Bonchev–Trinajstić information content (AvgIpc) is 2.92. The van der Waals surface area contributed by atoms with Crippen molar-refractivity contribution in [2.75, 3.05) is 13.6 Å². The predicted octanol–water partition coefficient (Wildman–Crippen LogP) is 3.54. The van der Waals surface area contributed by atoms with Crippen molar-refractivity contribution in [2.24, 2.45) is 5.41 Å². The quantitative estimate of drug-likeness (QED) is 0.854. The molecule has 0 aromatic heterocycles. The Hall–Kier alpha value is -0.240. The molecule has 2 rings (SSSR count). The number of rotatable bonds is 4. The summed E-state index contributed by atoms with van der Waals surface area (Å²) < 4.78 is 0. The molecule has 1 saturated carbocycles. The van der Waals surface area contributed by atoms with E-state index >= 15 is 0 Å². The minimum absolute atomic E-state index is 0.478. The van der Waals surface area contributed by atoms with E-state index in [1.165, 1.54) is 18.4 Å². The summed E-state index contributed by atoms with van der Waals surface area (Å²) in [5.41, 5.74) is 1.77. The largest absolute Gasteiger partial charge is 0.319 e. The van der Waals surface area contributed by atoms with E-state index in [-0.39, 0.29) is 0 Å². The van der Waals surface area contributed by atoms with Crippen LogP contribution in [0.1, 0.15) is 18.4 Å². The topological polar surface area (TPSA) is 12.0 Å². The van der Waals surface area contributed by atoms with E-state index in [0.29, 0.717) is 15.5 Å². The third kappa shape index (κ3) is 2.66. The van der Waals surface area contributed by atoms with Crippen molar-refractivity contribution in [1.29, 1.82) is 0 Å². The lowest BCUT2D eigenvalue weighted by molar-refractivity contribution is 0.478. The van der Waals surface area contributed by atoms with Crippen molar-refractivity contribution < 1.29 is 0 Å². The van der Waals surface area contributed by atoms with E-state index < -0.39 is 0 Å². The second-order valence-electron chi connectivity index (χ2n) is 4.46. The molecule has 0 amide bonds. The van der Waals surface area contributed by atoms with Crippen molar-refractivity contribution in [3.63, 3.8) is 0 Å². The maximum Gasteiger partial charge on any atom is 0.0595 e. The normalized spacial score (nSPS) is 17.8. The van der Waals surface area contributed by atoms with Gasteiger partial charge in [-0.2, -0.15) is 0 Å². The molecule has 0 atom stereocenters. The van der Waals surface area contributed by atoms with E-state index in [2.05, 4.69) is 11.4 Å². The van der Waals surface area contributed by atoms with E-state index in [1.54, 1.807) is 0 Å². The molecule has 1 aliphatic rings. The lowest BCUT2D eigenvalue weighted by Gasteiger charge is -2.14. The van der Waals surface area contributed by atoms with Gasteiger partial charge in [-0.1, -0.05) is 29.3 Å². The molecular weight excluding hydrogens is 229 g/mol. The average molecular weight is 244 g/mol. The van der Waals surface area contributed by atoms with Crippen molar-refractivity contribution in [3.05, 3.63) is 33.8 Å². The number of benzene rings is 1. The van der Waals surface area contributed by atoms with Crippen LogP contribution < -0.4 is 5.32 Å². The highest BCUT2D eigenvalue weighted by Gasteiger charge is 2.41. The molecule has 15 heavy (non-hydrogen) atoms. The van der Waals surface area contributed by atoms with Gasteiger partial charge >= 0.3 is 0 Å². The van der Waals surface area contributed by atoms with Gasteiger partial charge in [0.1, 0.15) is 0 Å². The first-order valence-corrected chi connectivity index (χ1v) is 5.99. The Morgan fingerprint density at radius 3 is 2.53 bits per heavy atom. The van der Waals surface area contributed by atoms with Crippen molar-refractivity contribution >= 4 is 23.2 Å². The van der Waals surface area contributed by atoms with Gasteiger partial charge in [-0.15, -0.1) is 0 Å². The maximum absolute atomic E-state index is 5.99. The van der Waals surface area contributed by atoms with Gasteiger partial charge in [0.25, 0.3) is 0 Å². The fraction of sp³-hybridized carbons (Fsp3) is 0.500. The summed E-state index contributed by atoms with van der Waals surface area (Å²) in [5.74, 6) is 0. The van der Waals surface area contributed by atoms with Crippen molar-refractivity contribution in [1.82, 2.24) is 5.32 Å². The molecule has 1 N–H and O–H groups in total. The molecule has 0 bridgehead atoms. The first-order valence-electron chi connectivity index (χ1n) is 5.24. The molecule has 1 aliphatic carbocycles. The van der Waals surface area contributed by atoms with Gasteiger partial charge in [-0.25, -0.2) is 0 Å². The smallest absolute Gasteiger partial charge is 0.0595 e. The minimum atomic E-state index is 0.478. The van der Waals surface area contributed by atoms with Crippen LogP contribution in [0.4, 0.5) is 0 Å². The van der Waals surface area contributed by atoms with E-state index in [9.17, 15) is 0 Å². The van der Waals surface area contributed by atoms with E-state index in [0.717, 1.165) is 13.0 Å². The molecule has 0 radical (unpaired) electrons. The van der Waals surface area contributed by atoms with Crippen molar-refractivity contribution in [3.8, 4) is 0 Å². The van der Waals surface area contributed by atoms with Crippen LogP contribution >= 0.6 is 23.2 Å². The Kier molecular flexibility index (Phi) is 3.24. The molecule has 1 aromatic carbocycles. The molecule has 0 aliphatic heterocycles. The zero-order valence-corrected chi connectivity index (χ0v) is 10.3. The standard InChI is InChI=1S/C12H15Cl2N/c1-15-8-12(4-5-12)7-9-2-3-10(13)11(14)6-9/h2-3,6,15H,4-5,7-8H2,1H3. The van der Waals surface area contributed by atoms with Crippen LogP contribution in [-0.4, -0.2) is 13.6 Å². The first kappa shape index (κ1) is 11.3. The summed E-state index contributed by atoms with van der Waals surface area (Å²) in [4.78, 5) is 0. The molecule has 0 spiro atoms. The number of halogens is 2. The van der Waals surface area contributed by atoms with Crippen LogP contribution in [0.3, 0.4) is 0 Å². The lowest BCUT2D eigenvalue weighted by atomic mass is 9.96. The highest BCUT2D eigenvalue weighted by Crippen LogP contribution is 2.48. The Bertz CT molecular complexity index is 359. The van der Waals surface area contributed by atoms with Crippen LogP contribution in [0.2, 0.25) is 10.0 Å². The second-order valence-corrected chi connectivity index (χ2v) is 5.27. The van der Waals surface area contributed by atoms with Crippen molar-refractivity contribution in [2.45, 2.75) is 19.3 Å². The maximum atomic E-state index is 5.99. The third-order valence-electron chi connectivity index (χ3n) is 3.07. The van der Waals surface area contributed by atoms with Crippen LogP contribution in [0.5, 0.6) is 0 Å². The van der Waals surface area contributed by atoms with Gasteiger partial charge in [0, 0.05) is 6.54 Å². The van der Waals surface area contributed by atoms with Gasteiger partial charge in [0.05, 0.1) is 10.0 Å². The zero-order valence-electron chi connectivity index (χ0n) is 8.82. The number of nitrogens with one attached hydrogen (secondary N) is 1. The van der Waals surface area contributed by atoms with Crippen LogP contribution in [-0.2, 0) is 6.42 Å². The summed E-state index contributed by atoms with van der Waals surface area (Å²) in [7, 11) is 2.01. The molecule has 0 saturated heterocycles. The van der Waals surface area contributed by atoms with Gasteiger partial charge in [0.2, 0.25) is 0 Å². The SMILES string of the molecule is CNCC1(Cc2ccc(Cl)c(Cl)c2)CC1. The van der Waals surface area contributed by atoms with Gasteiger partial charge in [-0.05, 0) is 49.4 Å². The molecule has 1 nitrogen and oxygen atoms in total. The van der Waals surface area contributed by atoms with E-state index in [4.69, 9.17) is 23.2 Å². The highest BCUT2D eigenvalue weighted by atomic mass is 35.5. The summed E-state index contributed by atoms with van der Waals surface area (Å²) in [6.45, 7) is 1.09. The molecule has 3 heteroatoms. The molecule has 1 fully saturated rings. The molecule has 1 aromatic rings. The number of hydrogen-bond acceptors (Lipinski definition) is 1. The van der Waals surface area contributed by atoms with Crippen LogP contribution in [0.25, 0.3) is 0 Å². The highest BCUT2D eigenvalue weighted by molar-refractivity contribution is 6.42. The summed E-state index contributed by atoms with van der Waals surface area (Å²) in [6.07, 6.45) is 3.73. The minimum Gasteiger partial charge on any atom is -0.319 e. The Labute approximate surface area is 101 Å². The number of hydrogen-bond donors (Lipinski definition) is 1. The summed E-state index contributed by atoms with van der Waals surface area (Å²) in [5, 5.41) is 4.56. The monoisotopic (exact) mass is 243 g/mol. The summed E-state index contributed by atoms with van der Waals surface area (Å²) >= 11 is 11.9. The molecule has 82 valence electrons. The van der Waals surface area contributed by atoms with E-state index in [1.807, 2.05) is 19.2 Å². The molecule has 0 unspecified atom stereocenters. The lowest BCUT2D eigenvalue weighted by Crippen LogP contribution is -2.21. The van der Waals surface area contributed by atoms with Gasteiger partial charge < -0.3 is 5.32 Å². The summed E-state index contributed by atoms with van der Waals surface area (Å²) in [6, 6.07) is 5.94. The first-order chi connectivity index (χ1) is 7.15. The van der Waals surface area contributed by atoms with Crippen LogP contribution in [0.15, 0.2) is 18.2 Å². The fourth-order valence-corrected chi connectivity index (χ4v) is 2.37. The second kappa shape index (κ2) is 4.32. The van der Waals surface area contributed by atoms with Gasteiger partial charge in [0.15, 0.2) is 0 Å².